The van der Waals surface area contributed by atoms with Gasteiger partial charge in [-0.15, -0.1) is 0 Å². The Kier molecular flexibility index (Phi) is 5.91. The molecule has 2 amide bonds. The highest BCUT2D eigenvalue weighted by Gasteiger charge is 2.38. The lowest BCUT2D eigenvalue weighted by Crippen LogP contribution is -2.41. The fraction of sp³-hybridized carbons (Fsp3) is 0.150. The lowest BCUT2D eigenvalue weighted by atomic mass is 9.84. The number of anilines is 1. The zero-order valence-electron chi connectivity index (χ0n) is 25.5. The van der Waals surface area contributed by atoms with Crippen molar-refractivity contribution in [2.45, 2.75) is 39.5 Å². The summed E-state index contributed by atoms with van der Waals surface area (Å²) in [4.78, 5) is 30.3. The van der Waals surface area contributed by atoms with Gasteiger partial charge in [0.2, 0.25) is 0 Å². The molecule has 8 rings (SSSR count). The molecule has 0 bridgehead atoms. The molecule has 7 aromatic rings. The van der Waals surface area contributed by atoms with Gasteiger partial charge >= 0.3 is 0 Å². The van der Waals surface area contributed by atoms with E-state index in [0.717, 1.165) is 54.2 Å². The van der Waals surface area contributed by atoms with Gasteiger partial charge in [0, 0.05) is 27.3 Å². The number of ether oxygens (including phenoxy) is 1. The third-order valence-corrected chi connectivity index (χ3v) is 9.24. The minimum Gasteiger partial charge on any atom is -0.508 e. The highest BCUT2D eigenvalue weighted by atomic mass is 16.5. The van der Waals surface area contributed by atoms with Gasteiger partial charge in [-0.1, -0.05) is 76.2 Å². The minimum atomic E-state index is -0.284. The van der Waals surface area contributed by atoms with Crippen molar-refractivity contribution < 1.29 is 19.4 Å². The van der Waals surface area contributed by atoms with Gasteiger partial charge in [-0.25, -0.2) is 4.90 Å². The molecule has 0 saturated carbocycles. The Morgan fingerprint density at radius 2 is 1.07 bits per heavy atom. The maximum Gasteiger partial charge on any atom is 0.266 e. The third-order valence-electron chi connectivity index (χ3n) is 9.24. The predicted molar refractivity (Wildman–Crippen MR) is 182 cm³/mol. The summed E-state index contributed by atoms with van der Waals surface area (Å²) in [5, 5.41) is 17.4. The number of hydrogen-bond acceptors (Lipinski definition) is 4. The topological polar surface area (TPSA) is 66.8 Å². The molecule has 0 saturated heterocycles. The molecule has 1 aliphatic heterocycles. The summed E-state index contributed by atoms with van der Waals surface area (Å²) in [6, 6.07) is 30.8. The van der Waals surface area contributed by atoms with Gasteiger partial charge in [0.25, 0.3) is 11.8 Å². The maximum absolute atomic E-state index is 14.4. The van der Waals surface area contributed by atoms with E-state index in [0.29, 0.717) is 28.3 Å². The van der Waals surface area contributed by atoms with E-state index in [9.17, 15) is 14.7 Å². The largest absolute Gasteiger partial charge is 0.508 e. The molecule has 220 valence electrons. The van der Waals surface area contributed by atoms with Crippen molar-refractivity contribution in [1.29, 1.82) is 0 Å². The SMILES string of the molecule is CC(C)c1cccc(C(C)C)c1N1C(=O)c2ccc3c4cccc5c(Oc6ccc(O)cc6)ccc(c6ccc(c2c36)C1=O)c54. The Morgan fingerprint density at radius 3 is 1.67 bits per heavy atom. The lowest BCUT2D eigenvalue weighted by Gasteiger charge is -2.32. The molecule has 0 unspecified atom stereocenters. The number of phenolic OH excluding ortho intramolecular Hbond substituents is 1. The van der Waals surface area contributed by atoms with Crippen molar-refractivity contribution in [3.8, 4) is 17.2 Å². The van der Waals surface area contributed by atoms with Crippen molar-refractivity contribution in [3.63, 3.8) is 0 Å². The standard InChI is InChI=1S/C40H31NO4/c1-21(2)25-7-5-8-26(22(3)4)38(25)41-39(43)32-17-15-29-27-9-6-10-31-34(45-24-13-11-23(42)12-14-24)20-19-28(35(27)31)30-16-18-33(40(41)44)37(32)36(29)30/h5-22,42H,1-4H3. The van der Waals surface area contributed by atoms with E-state index in [1.54, 1.807) is 24.3 Å². The number of rotatable bonds is 5. The van der Waals surface area contributed by atoms with E-state index >= 15 is 0 Å². The van der Waals surface area contributed by atoms with Crippen LogP contribution in [-0.2, 0) is 0 Å². The first-order valence-corrected chi connectivity index (χ1v) is 15.4. The van der Waals surface area contributed by atoms with E-state index in [1.165, 1.54) is 4.90 Å². The van der Waals surface area contributed by atoms with Crippen LogP contribution < -0.4 is 9.64 Å². The summed E-state index contributed by atoms with van der Waals surface area (Å²) >= 11 is 0. The molecule has 5 heteroatoms. The van der Waals surface area contributed by atoms with Crippen LogP contribution in [-0.4, -0.2) is 16.9 Å². The zero-order chi connectivity index (χ0) is 31.1. The average Bonchev–Trinajstić information content (AvgIpc) is 3.04. The Bertz CT molecular complexity index is 2250. The first kappa shape index (κ1) is 27.2. The van der Waals surface area contributed by atoms with Crippen molar-refractivity contribution in [2.24, 2.45) is 0 Å². The number of nitrogens with zero attached hydrogens (tertiary/aromatic N) is 1. The number of amides is 2. The Balaban J connectivity index is 1.37. The molecular formula is C40H31NO4. The van der Waals surface area contributed by atoms with E-state index in [2.05, 4.69) is 45.9 Å². The Morgan fingerprint density at radius 1 is 0.556 bits per heavy atom. The quantitative estimate of drug-likeness (QED) is 0.123. The Labute approximate surface area is 260 Å². The number of para-hydroxylation sites is 1. The second kappa shape index (κ2) is 9.80. The molecule has 0 aliphatic carbocycles. The van der Waals surface area contributed by atoms with Crippen molar-refractivity contribution in [3.05, 3.63) is 119 Å². The molecule has 0 aromatic heterocycles. The molecule has 0 spiro atoms. The van der Waals surface area contributed by atoms with Gasteiger partial charge in [-0.2, -0.15) is 0 Å². The van der Waals surface area contributed by atoms with Crippen LogP contribution in [0, 0.1) is 0 Å². The minimum absolute atomic E-state index is 0.135. The summed E-state index contributed by atoms with van der Waals surface area (Å²) in [7, 11) is 0. The molecule has 1 aliphatic rings. The monoisotopic (exact) mass is 589 g/mol. The Hall–Kier alpha value is -5.42. The second-order valence-corrected chi connectivity index (χ2v) is 12.5. The normalized spacial score (nSPS) is 13.4. The van der Waals surface area contributed by atoms with Crippen LogP contribution >= 0.6 is 0 Å². The van der Waals surface area contributed by atoms with Crippen molar-refractivity contribution in [1.82, 2.24) is 0 Å². The highest BCUT2D eigenvalue weighted by molar-refractivity contribution is 6.42. The maximum atomic E-state index is 14.4. The summed E-state index contributed by atoms with van der Waals surface area (Å²) < 4.78 is 6.28. The average molecular weight is 590 g/mol. The molecule has 0 radical (unpaired) electrons. The van der Waals surface area contributed by atoms with Crippen LogP contribution in [0.15, 0.2) is 97.1 Å². The molecule has 0 fully saturated rings. The molecule has 5 nitrogen and oxygen atoms in total. The van der Waals surface area contributed by atoms with Crippen LogP contribution in [0.25, 0.3) is 43.1 Å². The summed E-state index contributed by atoms with van der Waals surface area (Å²) in [6.07, 6.45) is 0. The van der Waals surface area contributed by atoms with E-state index in [-0.39, 0.29) is 29.4 Å². The summed E-state index contributed by atoms with van der Waals surface area (Å²) in [6.45, 7) is 8.39. The number of fused-ring (bicyclic) bond motifs is 2. The molecule has 45 heavy (non-hydrogen) atoms. The van der Waals surface area contributed by atoms with Gasteiger partial charge in [0.15, 0.2) is 0 Å². The van der Waals surface area contributed by atoms with E-state index in [1.807, 2.05) is 54.6 Å². The fourth-order valence-corrected chi connectivity index (χ4v) is 7.17. The van der Waals surface area contributed by atoms with Crippen LogP contribution in [0.4, 0.5) is 5.69 Å². The lowest BCUT2D eigenvalue weighted by molar-refractivity contribution is 0.0893. The molecule has 7 aromatic carbocycles. The third kappa shape index (κ3) is 3.86. The van der Waals surface area contributed by atoms with Gasteiger partial charge in [-0.05, 0) is 98.4 Å². The van der Waals surface area contributed by atoms with Crippen molar-refractivity contribution >= 4 is 60.6 Å². The summed E-state index contributed by atoms with van der Waals surface area (Å²) in [5.74, 6) is 1.22. The molecular weight excluding hydrogens is 558 g/mol. The van der Waals surface area contributed by atoms with Gasteiger partial charge in [-0.3, -0.25) is 9.59 Å². The zero-order valence-corrected chi connectivity index (χ0v) is 25.5. The second-order valence-electron chi connectivity index (χ2n) is 12.5. The van der Waals surface area contributed by atoms with Crippen LogP contribution in [0.1, 0.15) is 71.4 Å². The number of aromatic hydroxyl groups is 1. The van der Waals surface area contributed by atoms with Gasteiger partial charge in [0.1, 0.15) is 17.2 Å². The van der Waals surface area contributed by atoms with E-state index in [4.69, 9.17) is 4.74 Å². The predicted octanol–water partition coefficient (Wildman–Crippen LogP) is 10.3. The number of phenols is 1. The summed E-state index contributed by atoms with van der Waals surface area (Å²) in [5.41, 5.74) is 3.78. The van der Waals surface area contributed by atoms with Crippen LogP contribution in [0.2, 0.25) is 0 Å². The number of benzene rings is 7. The smallest absolute Gasteiger partial charge is 0.266 e. The number of hydrogen-bond donors (Lipinski definition) is 1. The number of carbonyl (C=O) groups is 2. The highest BCUT2D eigenvalue weighted by Crippen LogP contribution is 2.47. The first-order valence-electron chi connectivity index (χ1n) is 15.4. The molecule has 1 heterocycles. The van der Waals surface area contributed by atoms with Gasteiger partial charge < -0.3 is 9.84 Å². The molecule has 1 N–H and O–H groups in total. The van der Waals surface area contributed by atoms with Gasteiger partial charge in [0.05, 0.1) is 5.69 Å². The number of imide groups is 1. The van der Waals surface area contributed by atoms with Crippen LogP contribution in [0.3, 0.4) is 0 Å². The fourth-order valence-electron chi connectivity index (χ4n) is 7.17. The first-order chi connectivity index (χ1) is 21.7. The number of carbonyl (C=O) groups excluding carboxylic acids is 2. The van der Waals surface area contributed by atoms with E-state index < -0.39 is 0 Å². The van der Waals surface area contributed by atoms with Crippen molar-refractivity contribution in [2.75, 3.05) is 4.90 Å². The van der Waals surface area contributed by atoms with Crippen LogP contribution in [0.5, 0.6) is 17.2 Å². The molecule has 0 atom stereocenters.